The summed E-state index contributed by atoms with van der Waals surface area (Å²) >= 11 is 0. The molecule has 40 heavy (non-hydrogen) atoms. The number of carbonyl (C=O) groups is 3. The highest BCUT2D eigenvalue weighted by Crippen LogP contribution is 2.37. The molecule has 2 atom stereocenters. The minimum atomic E-state index is -4.86. The molecule has 0 aliphatic carbocycles. The topological polar surface area (TPSA) is 105 Å². The number of alkyl halides is 3. The van der Waals surface area contributed by atoms with Crippen LogP contribution in [0.15, 0.2) is 12.1 Å². The van der Waals surface area contributed by atoms with E-state index in [9.17, 15) is 40.7 Å². The van der Waals surface area contributed by atoms with Gasteiger partial charge in [0, 0.05) is 64.7 Å². The summed E-state index contributed by atoms with van der Waals surface area (Å²) in [5, 5.41) is 0. The molecule has 3 amide bonds. The molecule has 4 rings (SSSR count). The number of nitrogens with zero attached hydrogens (tertiary/aromatic N) is 5. The molecule has 218 valence electrons. The SMILES string of the molecule is CC(=O)N1CCN(C(=O)c2nc(C(F)(F)F)n3c2C(C)N(C(=O)C[C@H](N)Cc2cc(F)c(F)cc2F)CC3)CC1. The molecule has 2 N–H and O–H groups in total. The Balaban J connectivity index is 1.55. The summed E-state index contributed by atoms with van der Waals surface area (Å²) in [6.07, 6.45) is -5.51. The van der Waals surface area contributed by atoms with Gasteiger partial charge in [0.2, 0.25) is 17.6 Å². The van der Waals surface area contributed by atoms with Crippen LogP contribution in [0.1, 0.15) is 53.9 Å². The van der Waals surface area contributed by atoms with Crippen molar-refractivity contribution in [2.75, 3.05) is 32.7 Å². The van der Waals surface area contributed by atoms with Crippen LogP contribution in [0.4, 0.5) is 26.3 Å². The lowest BCUT2D eigenvalue weighted by atomic mass is 10.0. The molecule has 2 aliphatic rings. The lowest BCUT2D eigenvalue weighted by Gasteiger charge is -2.37. The van der Waals surface area contributed by atoms with Crippen LogP contribution in [-0.4, -0.2) is 80.7 Å². The van der Waals surface area contributed by atoms with Gasteiger partial charge in [-0.05, 0) is 25.0 Å². The molecule has 0 radical (unpaired) electrons. The molecule has 1 saturated heterocycles. The van der Waals surface area contributed by atoms with Gasteiger partial charge in [0.05, 0.1) is 11.7 Å². The average molecular weight is 575 g/mol. The van der Waals surface area contributed by atoms with Gasteiger partial charge in [0.1, 0.15) is 5.82 Å². The lowest BCUT2D eigenvalue weighted by molar-refractivity contribution is -0.148. The largest absolute Gasteiger partial charge is 0.449 e. The van der Waals surface area contributed by atoms with Crippen LogP contribution in [0.3, 0.4) is 0 Å². The van der Waals surface area contributed by atoms with Gasteiger partial charge >= 0.3 is 6.18 Å². The third kappa shape index (κ3) is 5.78. The Labute approximate surface area is 225 Å². The van der Waals surface area contributed by atoms with E-state index >= 15 is 0 Å². The molecule has 1 aromatic heterocycles. The Morgan fingerprint density at radius 3 is 2.17 bits per heavy atom. The van der Waals surface area contributed by atoms with Crippen molar-refractivity contribution in [1.82, 2.24) is 24.3 Å². The molecular weight excluding hydrogens is 546 g/mol. The third-order valence-corrected chi connectivity index (χ3v) is 7.23. The number of hydrogen-bond donors (Lipinski definition) is 1. The summed E-state index contributed by atoms with van der Waals surface area (Å²) in [6.45, 7) is 3.09. The van der Waals surface area contributed by atoms with Gasteiger partial charge < -0.3 is 25.0 Å². The molecular formula is C25H28F6N6O3. The first-order valence-electron chi connectivity index (χ1n) is 12.6. The molecule has 2 aliphatic heterocycles. The highest BCUT2D eigenvalue weighted by Gasteiger charge is 2.44. The van der Waals surface area contributed by atoms with Gasteiger partial charge in [-0.1, -0.05) is 0 Å². The Bertz CT molecular complexity index is 1320. The highest BCUT2D eigenvalue weighted by molar-refractivity contribution is 5.94. The molecule has 1 aromatic carbocycles. The normalized spacial score (nSPS) is 18.5. The zero-order valence-corrected chi connectivity index (χ0v) is 21.8. The summed E-state index contributed by atoms with van der Waals surface area (Å²) in [7, 11) is 0. The van der Waals surface area contributed by atoms with E-state index in [1.807, 2.05) is 0 Å². The van der Waals surface area contributed by atoms with E-state index in [4.69, 9.17) is 5.73 Å². The Kier molecular flexibility index (Phi) is 8.15. The van der Waals surface area contributed by atoms with E-state index in [-0.39, 0.29) is 69.3 Å². The molecule has 9 nitrogen and oxygen atoms in total. The Hall–Kier alpha value is -3.62. The van der Waals surface area contributed by atoms with Crippen molar-refractivity contribution < 1.29 is 40.7 Å². The number of hydrogen-bond acceptors (Lipinski definition) is 5. The van der Waals surface area contributed by atoms with Crippen molar-refractivity contribution in [1.29, 1.82) is 0 Å². The zero-order chi connectivity index (χ0) is 29.5. The highest BCUT2D eigenvalue weighted by atomic mass is 19.4. The minimum absolute atomic E-state index is 0.0776. The summed E-state index contributed by atoms with van der Waals surface area (Å²) in [5.41, 5.74) is 5.26. The van der Waals surface area contributed by atoms with Crippen molar-refractivity contribution >= 4 is 17.7 Å². The van der Waals surface area contributed by atoms with Gasteiger partial charge in [-0.15, -0.1) is 0 Å². The molecule has 1 unspecified atom stereocenters. The second-order valence-electron chi connectivity index (χ2n) is 9.91. The number of carbonyl (C=O) groups excluding carboxylic acids is 3. The summed E-state index contributed by atoms with van der Waals surface area (Å²) in [5.74, 6) is -6.41. The molecule has 0 bridgehead atoms. The van der Waals surface area contributed by atoms with E-state index in [1.165, 1.54) is 28.5 Å². The van der Waals surface area contributed by atoms with E-state index in [0.717, 1.165) is 4.57 Å². The number of amides is 3. The van der Waals surface area contributed by atoms with Gasteiger partial charge in [0.25, 0.3) is 5.91 Å². The number of halogens is 6. The smallest absolute Gasteiger partial charge is 0.339 e. The number of rotatable bonds is 5. The van der Waals surface area contributed by atoms with Crippen molar-refractivity contribution in [2.45, 2.75) is 51.5 Å². The zero-order valence-electron chi connectivity index (χ0n) is 21.8. The van der Waals surface area contributed by atoms with Crippen molar-refractivity contribution in [3.8, 4) is 0 Å². The fourth-order valence-corrected chi connectivity index (χ4v) is 5.17. The molecule has 1 fully saturated rings. The van der Waals surface area contributed by atoms with E-state index in [1.54, 1.807) is 0 Å². The predicted molar refractivity (Wildman–Crippen MR) is 128 cm³/mol. The fraction of sp³-hybridized carbons (Fsp3) is 0.520. The molecule has 2 aromatic rings. The predicted octanol–water partition coefficient (Wildman–Crippen LogP) is 2.49. The van der Waals surface area contributed by atoms with Crippen LogP contribution in [0, 0.1) is 17.5 Å². The van der Waals surface area contributed by atoms with Gasteiger partial charge in [-0.25, -0.2) is 18.2 Å². The van der Waals surface area contributed by atoms with Crippen LogP contribution < -0.4 is 5.73 Å². The van der Waals surface area contributed by atoms with Crippen molar-refractivity contribution in [3.05, 3.63) is 52.4 Å². The van der Waals surface area contributed by atoms with Gasteiger partial charge in [-0.3, -0.25) is 14.4 Å². The van der Waals surface area contributed by atoms with Gasteiger partial charge in [-0.2, -0.15) is 13.2 Å². The van der Waals surface area contributed by atoms with E-state index < -0.39 is 59.0 Å². The number of benzene rings is 1. The molecule has 0 spiro atoms. The first kappa shape index (κ1) is 29.4. The first-order valence-corrected chi connectivity index (χ1v) is 12.6. The first-order chi connectivity index (χ1) is 18.7. The van der Waals surface area contributed by atoms with Crippen LogP contribution in [0.25, 0.3) is 0 Å². The fourth-order valence-electron chi connectivity index (χ4n) is 5.17. The average Bonchev–Trinajstić information content (AvgIpc) is 3.28. The number of aromatic nitrogens is 2. The quantitative estimate of drug-likeness (QED) is 0.437. The molecule has 3 heterocycles. The number of fused-ring (bicyclic) bond motifs is 1. The van der Waals surface area contributed by atoms with Crippen LogP contribution >= 0.6 is 0 Å². The van der Waals surface area contributed by atoms with Crippen LogP contribution in [-0.2, 0) is 28.7 Å². The maximum Gasteiger partial charge on any atom is 0.449 e. The standard InChI is InChI=1S/C25H28F6N6O3/c1-13-22-21(23(40)35-5-3-34(4-6-35)14(2)38)33-24(25(29,30)31)37(22)8-7-36(13)20(39)11-16(32)9-15-10-18(27)19(28)12-17(15)26/h10,12-13,16H,3-9,11,32H2,1-2H3/t13?,16-/m1/s1. The number of imidazole rings is 1. The maximum absolute atomic E-state index is 14.0. The van der Waals surface area contributed by atoms with Crippen LogP contribution in [0.2, 0.25) is 0 Å². The van der Waals surface area contributed by atoms with Gasteiger partial charge in [0.15, 0.2) is 17.3 Å². The summed E-state index contributed by atoms with van der Waals surface area (Å²) in [4.78, 5) is 45.9. The Morgan fingerprint density at radius 2 is 1.57 bits per heavy atom. The third-order valence-electron chi connectivity index (χ3n) is 7.23. The van der Waals surface area contributed by atoms with Crippen molar-refractivity contribution in [2.24, 2.45) is 5.73 Å². The lowest BCUT2D eigenvalue weighted by Crippen LogP contribution is -2.50. The molecule has 0 saturated carbocycles. The number of nitrogens with two attached hydrogens (primary N) is 1. The molecule has 15 heteroatoms. The Morgan fingerprint density at radius 1 is 0.975 bits per heavy atom. The van der Waals surface area contributed by atoms with Crippen LogP contribution in [0.5, 0.6) is 0 Å². The van der Waals surface area contributed by atoms with E-state index in [0.29, 0.717) is 12.1 Å². The number of piperazine rings is 1. The maximum atomic E-state index is 14.0. The monoisotopic (exact) mass is 574 g/mol. The van der Waals surface area contributed by atoms with Crippen molar-refractivity contribution in [3.63, 3.8) is 0 Å². The second-order valence-corrected chi connectivity index (χ2v) is 9.91. The second kappa shape index (κ2) is 11.1. The van der Waals surface area contributed by atoms with E-state index in [2.05, 4.69) is 4.98 Å². The minimum Gasteiger partial charge on any atom is -0.339 e. The summed E-state index contributed by atoms with van der Waals surface area (Å²) in [6, 6.07) is -0.960. The summed E-state index contributed by atoms with van der Waals surface area (Å²) < 4.78 is 83.2.